The number of benzene rings is 1. The largest absolute Gasteiger partial charge is 0.346 e. The Morgan fingerprint density at radius 1 is 1.31 bits per heavy atom. The molecule has 0 aliphatic carbocycles. The first-order chi connectivity index (χ1) is 12.4. The predicted octanol–water partition coefficient (Wildman–Crippen LogP) is 3.56. The van der Waals surface area contributed by atoms with E-state index < -0.39 is 0 Å². The van der Waals surface area contributed by atoms with Gasteiger partial charge in [-0.15, -0.1) is 0 Å². The molecule has 2 heterocycles. The molecule has 0 radical (unpaired) electrons. The first-order valence-electron chi connectivity index (χ1n) is 8.20. The molecule has 0 unspecified atom stereocenters. The molecule has 1 aromatic carbocycles. The summed E-state index contributed by atoms with van der Waals surface area (Å²) >= 11 is 9.01. The van der Waals surface area contributed by atoms with Gasteiger partial charge >= 0.3 is 0 Å². The molecule has 0 amide bonds. The minimum absolute atomic E-state index is 0.610. The van der Waals surface area contributed by atoms with E-state index in [2.05, 4.69) is 50.5 Å². The average Bonchev–Trinajstić information content (AvgIpc) is 3.18. The van der Waals surface area contributed by atoms with Crippen LogP contribution >= 0.6 is 28.1 Å². The Balaban J connectivity index is 1.61. The quantitative estimate of drug-likeness (QED) is 0.624. The van der Waals surface area contributed by atoms with Gasteiger partial charge in [-0.1, -0.05) is 24.3 Å². The predicted molar refractivity (Wildman–Crippen MR) is 111 cm³/mol. The van der Waals surface area contributed by atoms with Crippen molar-refractivity contribution < 1.29 is 0 Å². The molecule has 0 atom stereocenters. The number of rotatable bonds is 5. The summed E-state index contributed by atoms with van der Waals surface area (Å²) in [7, 11) is 3.86. The molecule has 136 valence electrons. The third kappa shape index (κ3) is 4.31. The molecule has 0 saturated carbocycles. The highest BCUT2D eigenvalue weighted by Crippen LogP contribution is 2.17. The van der Waals surface area contributed by atoms with E-state index in [1.54, 1.807) is 6.20 Å². The zero-order valence-electron chi connectivity index (χ0n) is 15.0. The van der Waals surface area contributed by atoms with Crippen LogP contribution in [0.3, 0.4) is 0 Å². The zero-order chi connectivity index (χ0) is 18.7. The number of thiocarbonyl (C=S) groups is 1. The van der Waals surface area contributed by atoms with Crippen LogP contribution in [-0.2, 0) is 20.1 Å². The lowest BCUT2D eigenvalue weighted by Gasteiger charge is -2.20. The van der Waals surface area contributed by atoms with E-state index >= 15 is 0 Å². The van der Waals surface area contributed by atoms with E-state index in [0.717, 1.165) is 22.5 Å². The van der Waals surface area contributed by atoms with E-state index in [4.69, 9.17) is 12.2 Å². The molecule has 26 heavy (non-hydrogen) atoms. The van der Waals surface area contributed by atoms with Crippen molar-refractivity contribution >= 4 is 39.1 Å². The van der Waals surface area contributed by atoms with Crippen LogP contribution in [0.15, 0.2) is 47.2 Å². The standard InChI is InChI=1S/C18H21BrN6S/c1-13-6-4-5-7-14(13)11-25-9-8-17(22-25)21-18(26)23(2)12-16-15(19)10-20-24(16)3/h4-10H,11-12H2,1-3H3,(H,21,22,26). The Kier molecular flexibility index (Phi) is 5.73. The van der Waals surface area contributed by atoms with Gasteiger partial charge in [-0.3, -0.25) is 9.36 Å². The summed E-state index contributed by atoms with van der Waals surface area (Å²) < 4.78 is 4.71. The number of aromatic nitrogens is 4. The smallest absolute Gasteiger partial charge is 0.174 e. The van der Waals surface area contributed by atoms with Crippen LogP contribution in [0.5, 0.6) is 0 Å². The molecular weight excluding hydrogens is 412 g/mol. The van der Waals surface area contributed by atoms with Crippen molar-refractivity contribution in [3.05, 3.63) is 64.0 Å². The van der Waals surface area contributed by atoms with Gasteiger partial charge in [0.2, 0.25) is 0 Å². The summed E-state index contributed by atoms with van der Waals surface area (Å²) in [6.07, 6.45) is 3.74. The van der Waals surface area contributed by atoms with E-state index in [1.165, 1.54) is 11.1 Å². The molecule has 0 aliphatic heterocycles. The van der Waals surface area contributed by atoms with Crippen molar-refractivity contribution in [3.8, 4) is 0 Å². The number of nitrogens with one attached hydrogen (secondary N) is 1. The summed E-state index contributed by atoms with van der Waals surface area (Å²) in [5.74, 6) is 0.736. The summed E-state index contributed by atoms with van der Waals surface area (Å²) in [5, 5.41) is 12.6. The lowest BCUT2D eigenvalue weighted by atomic mass is 10.1. The van der Waals surface area contributed by atoms with Crippen LogP contribution in [0.25, 0.3) is 0 Å². The highest BCUT2D eigenvalue weighted by Gasteiger charge is 2.12. The minimum Gasteiger partial charge on any atom is -0.346 e. The molecule has 0 fully saturated rings. The molecule has 1 N–H and O–H groups in total. The lowest BCUT2D eigenvalue weighted by Crippen LogP contribution is -2.31. The number of anilines is 1. The maximum atomic E-state index is 5.50. The fourth-order valence-electron chi connectivity index (χ4n) is 2.59. The zero-order valence-corrected chi connectivity index (χ0v) is 17.4. The number of hydrogen-bond donors (Lipinski definition) is 1. The van der Waals surface area contributed by atoms with E-state index in [-0.39, 0.29) is 0 Å². The number of nitrogens with zero attached hydrogens (tertiary/aromatic N) is 5. The number of aryl methyl sites for hydroxylation is 2. The SMILES string of the molecule is Cc1ccccc1Cn1ccc(NC(=S)N(C)Cc2c(Br)cnn2C)n1. The van der Waals surface area contributed by atoms with Crippen LogP contribution in [0.1, 0.15) is 16.8 Å². The number of hydrogen-bond acceptors (Lipinski definition) is 3. The molecule has 0 bridgehead atoms. The minimum atomic E-state index is 0.610. The molecule has 0 saturated heterocycles. The van der Waals surface area contributed by atoms with Crippen molar-refractivity contribution in [1.29, 1.82) is 0 Å². The van der Waals surface area contributed by atoms with E-state index in [9.17, 15) is 0 Å². The molecule has 2 aromatic heterocycles. The lowest BCUT2D eigenvalue weighted by molar-refractivity contribution is 0.481. The van der Waals surface area contributed by atoms with Gasteiger partial charge in [-0.25, -0.2) is 0 Å². The Morgan fingerprint density at radius 3 is 2.77 bits per heavy atom. The monoisotopic (exact) mass is 432 g/mol. The van der Waals surface area contributed by atoms with Gasteiger partial charge < -0.3 is 10.2 Å². The second-order valence-electron chi connectivity index (χ2n) is 6.17. The first-order valence-corrected chi connectivity index (χ1v) is 9.40. The third-order valence-electron chi connectivity index (χ3n) is 4.21. The Hall–Kier alpha value is -2.19. The molecule has 3 aromatic rings. The van der Waals surface area contributed by atoms with Crippen molar-refractivity contribution in [2.75, 3.05) is 12.4 Å². The fraction of sp³-hybridized carbons (Fsp3) is 0.278. The Morgan fingerprint density at radius 2 is 2.08 bits per heavy atom. The van der Waals surface area contributed by atoms with E-state index in [0.29, 0.717) is 11.7 Å². The normalized spacial score (nSPS) is 10.8. The molecule has 0 spiro atoms. The van der Waals surface area contributed by atoms with E-state index in [1.807, 2.05) is 52.8 Å². The fourth-order valence-corrected chi connectivity index (χ4v) is 3.24. The van der Waals surface area contributed by atoms with Crippen LogP contribution in [-0.4, -0.2) is 36.6 Å². The molecule has 0 aliphatic rings. The molecular formula is C18H21BrN6S. The second-order valence-corrected chi connectivity index (χ2v) is 7.42. The highest BCUT2D eigenvalue weighted by molar-refractivity contribution is 9.10. The van der Waals surface area contributed by atoms with Crippen molar-refractivity contribution in [2.45, 2.75) is 20.0 Å². The summed E-state index contributed by atoms with van der Waals surface area (Å²) in [5.41, 5.74) is 3.57. The van der Waals surface area contributed by atoms with Crippen LogP contribution in [0.2, 0.25) is 0 Å². The molecule has 3 rings (SSSR count). The van der Waals surface area contributed by atoms with Gasteiger partial charge in [0, 0.05) is 26.4 Å². The number of halogens is 1. The van der Waals surface area contributed by atoms with Crippen molar-refractivity contribution in [3.63, 3.8) is 0 Å². The van der Waals surface area contributed by atoms with Crippen LogP contribution in [0.4, 0.5) is 5.82 Å². The summed E-state index contributed by atoms with van der Waals surface area (Å²) in [6.45, 7) is 3.49. The topological polar surface area (TPSA) is 50.9 Å². The average molecular weight is 433 g/mol. The van der Waals surface area contributed by atoms with Crippen LogP contribution < -0.4 is 5.32 Å². The first kappa shape index (κ1) is 18.6. The Bertz CT molecular complexity index is 897. The maximum absolute atomic E-state index is 5.50. The van der Waals surface area contributed by atoms with Gasteiger partial charge in [0.1, 0.15) is 0 Å². The molecule has 8 heteroatoms. The van der Waals surface area contributed by atoms with Gasteiger partial charge in [-0.2, -0.15) is 10.2 Å². The second kappa shape index (κ2) is 8.01. The van der Waals surface area contributed by atoms with Gasteiger partial charge in [0.15, 0.2) is 10.9 Å². The van der Waals surface area contributed by atoms with Crippen molar-refractivity contribution in [2.24, 2.45) is 7.05 Å². The Labute approximate surface area is 166 Å². The maximum Gasteiger partial charge on any atom is 0.174 e. The van der Waals surface area contributed by atoms with Gasteiger partial charge in [0.05, 0.1) is 29.5 Å². The van der Waals surface area contributed by atoms with Crippen LogP contribution in [0, 0.1) is 6.92 Å². The third-order valence-corrected chi connectivity index (χ3v) is 5.29. The molecule has 6 nitrogen and oxygen atoms in total. The van der Waals surface area contributed by atoms with Gasteiger partial charge in [-0.05, 0) is 46.2 Å². The summed E-state index contributed by atoms with van der Waals surface area (Å²) in [6, 6.07) is 10.3. The highest BCUT2D eigenvalue weighted by atomic mass is 79.9. The summed E-state index contributed by atoms with van der Waals surface area (Å²) in [4.78, 5) is 1.96. The van der Waals surface area contributed by atoms with Crippen molar-refractivity contribution in [1.82, 2.24) is 24.5 Å². The van der Waals surface area contributed by atoms with Gasteiger partial charge in [0.25, 0.3) is 0 Å².